The van der Waals surface area contributed by atoms with Gasteiger partial charge in [0.15, 0.2) is 15.7 Å². The van der Waals surface area contributed by atoms with E-state index in [-0.39, 0.29) is 35.7 Å². The third kappa shape index (κ3) is 6.33. The highest BCUT2D eigenvalue weighted by atomic mass is 32.2. The fourth-order valence-electron chi connectivity index (χ4n) is 3.32. The summed E-state index contributed by atoms with van der Waals surface area (Å²) in [4.78, 5) is 21.4. The van der Waals surface area contributed by atoms with Gasteiger partial charge in [-0.2, -0.15) is 0 Å². The number of alkyl halides is 2. The van der Waals surface area contributed by atoms with Crippen LogP contribution >= 0.6 is 11.8 Å². The van der Waals surface area contributed by atoms with Crippen molar-refractivity contribution in [3.63, 3.8) is 0 Å². The molecule has 1 aromatic heterocycles. The molecule has 0 saturated heterocycles. The zero-order chi connectivity index (χ0) is 23.3. The number of rotatable bonds is 8. The summed E-state index contributed by atoms with van der Waals surface area (Å²) in [6.07, 6.45) is 2.20. The number of benzene rings is 1. The number of carbonyl (C=O) groups is 1. The van der Waals surface area contributed by atoms with Crippen molar-refractivity contribution in [2.24, 2.45) is 5.92 Å². The van der Waals surface area contributed by atoms with E-state index < -0.39 is 34.0 Å². The molecule has 3 rings (SSSR count). The first kappa shape index (κ1) is 24.3. The van der Waals surface area contributed by atoms with Gasteiger partial charge in [0, 0.05) is 17.6 Å². The van der Waals surface area contributed by atoms with Gasteiger partial charge in [0.05, 0.1) is 23.9 Å². The molecule has 0 radical (unpaired) electrons. The first-order chi connectivity index (χ1) is 15.2. The van der Waals surface area contributed by atoms with Gasteiger partial charge in [0.1, 0.15) is 17.4 Å². The maximum atomic E-state index is 13.7. The fourth-order valence-corrected chi connectivity index (χ4v) is 4.50. The number of amides is 1. The molecule has 1 aliphatic rings. The van der Waals surface area contributed by atoms with Crippen LogP contribution in [-0.4, -0.2) is 60.4 Å². The van der Waals surface area contributed by atoms with Gasteiger partial charge in [0.25, 0.3) is 5.91 Å². The van der Waals surface area contributed by atoms with Crippen LogP contribution in [0, 0.1) is 5.92 Å². The van der Waals surface area contributed by atoms with Gasteiger partial charge in [-0.05, 0) is 36.5 Å². The molecule has 1 aliphatic carbocycles. The molecule has 0 aliphatic heterocycles. The molecule has 1 fully saturated rings. The van der Waals surface area contributed by atoms with E-state index in [9.17, 15) is 22.0 Å². The lowest BCUT2D eigenvalue weighted by atomic mass is 9.98. The number of thioether (sulfide) groups is 1. The second kappa shape index (κ2) is 10.5. The Morgan fingerprint density at radius 3 is 2.38 bits per heavy atom. The van der Waals surface area contributed by atoms with Crippen LogP contribution < -0.4 is 5.32 Å². The summed E-state index contributed by atoms with van der Waals surface area (Å²) in [7, 11) is -3.42. The van der Waals surface area contributed by atoms with Gasteiger partial charge in [-0.15, -0.1) is 11.8 Å². The van der Waals surface area contributed by atoms with Crippen LogP contribution in [0.15, 0.2) is 52.7 Å². The van der Waals surface area contributed by atoms with Gasteiger partial charge in [-0.25, -0.2) is 27.2 Å². The quantitative estimate of drug-likeness (QED) is 0.439. The predicted molar refractivity (Wildman–Crippen MR) is 119 cm³/mol. The number of aliphatic hydroxyl groups is 1. The van der Waals surface area contributed by atoms with Crippen molar-refractivity contribution in [3.8, 4) is 0 Å². The van der Waals surface area contributed by atoms with E-state index in [4.69, 9.17) is 5.11 Å². The molecule has 1 amide bonds. The van der Waals surface area contributed by atoms with E-state index >= 15 is 0 Å². The van der Waals surface area contributed by atoms with Crippen LogP contribution in [0.25, 0.3) is 5.57 Å². The average Bonchev–Trinajstić information content (AvgIpc) is 3.08. The number of carbonyl (C=O) groups excluding carboxylic acids is 1. The molecule has 0 bridgehead atoms. The van der Waals surface area contributed by atoms with Crippen molar-refractivity contribution in [3.05, 3.63) is 48.3 Å². The molecule has 1 heterocycles. The topological polar surface area (TPSA) is 109 Å². The molecule has 11 heteroatoms. The number of hydrogen-bond acceptors (Lipinski definition) is 7. The van der Waals surface area contributed by atoms with Gasteiger partial charge in [-0.1, -0.05) is 18.2 Å². The van der Waals surface area contributed by atoms with Crippen LogP contribution in [0.1, 0.15) is 18.4 Å². The smallest absolute Gasteiger partial charge is 0.257 e. The van der Waals surface area contributed by atoms with E-state index in [1.165, 1.54) is 54.5 Å². The van der Waals surface area contributed by atoms with Crippen molar-refractivity contribution in [2.45, 2.75) is 35.1 Å². The Labute approximate surface area is 189 Å². The maximum Gasteiger partial charge on any atom is 0.257 e. The van der Waals surface area contributed by atoms with E-state index in [2.05, 4.69) is 15.3 Å². The Balaban J connectivity index is 1.85. The number of halogens is 2. The summed E-state index contributed by atoms with van der Waals surface area (Å²) in [5.74, 6) is -0.387. The molecule has 2 N–H and O–H groups in total. The summed E-state index contributed by atoms with van der Waals surface area (Å²) in [6.45, 7) is -0.00223. The molecule has 172 valence electrons. The Kier molecular flexibility index (Phi) is 7.96. The molecule has 0 spiro atoms. The van der Waals surface area contributed by atoms with Gasteiger partial charge >= 0.3 is 0 Å². The minimum Gasteiger partial charge on any atom is -0.396 e. The van der Waals surface area contributed by atoms with Crippen molar-refractivity contribution >= 4 is 38.9 Å². The largest absolute Gasteiger partial charge is 0.396 e. The predicted octanol–water partition coefficient (Wildman–Crippen LogP) is 3.07. The molecular formula is C21H23F2N3O4S2. The number of aromatic nitrogens is 2. The first-order valence-electron chi connectivity index (χ1n) is 9.85. The summed E-state index contributed by atoms with van der Waals surface area (Å²) < 4.78 is 50.8. The van der Waals surface area contributed by atoms with Gasteiger partial charge in [0.2, 0.25) is 0 Å². The van der Waals surface area contributed by atoms with E-state index in [1.54, 1.807) is 0 Å². The summed E-state index contributed by atoms with van der Waals surface area (Å²) in [6, 6.07) is 5.72. The number of hydrogen-bond donors (Lipinski definition) is 2. The highest BCUT2D eigenvalue weighted by Gasteiger charge is 2.34. The number of nitrogens with zero attached hydrogens (tertiary/aromatic N) is 2. The summed E-state index contributed by atoms with van der Waals surface area (Å²) >= 11 is 1.31. The maximum absolute atomic E-state index is 13.7. The standard InChI is InChI=1S/C21H23F2N3O4S2/c1-32(29,30)15-4-2-14(3-5-15)16(8-13-9-17(22)18(23)10-13)21(28)26-19-11-25-20(12-24-19)31-7-6-27/h2-5,8,11-13,17-18,27H,6-7,9-10H2,1H3,(H,24,26,28)/b16-8+/t13-,17+,18-. The molecule has 1 aromatic carbocycles. The lowest BCUT2D eigenvalue weighted by Crippen LogP contribution is -2.16. The number of aliphatic hydroxyl groups excluding tert-OH is 1. The molecule has 2 aromatic rings. The first-order valence-corrected chi connectivity index (χ1v) is 12.7. The van der Waals surface area contributed by atoms with E-state index in [0.29, 0.717) is 16.3 Å². The second-order valence-electron chi connectivity index (χ2n) is 7.41. The molecule has 1 saturated carbocycles. The third-order valence-corrected chi connectivity index (χ3v) is 6.92. The Hall–Kier alpha value is -2.37. The average molecular weight is 484 g/mol. The Bertz CT molecular complexity index is 1070. The molecule has 32 heavy (non-hydrogen) atoms. The monoisotopic (exact) mass is 483 g/mol. The second-order valence-corrected chi connectivity index (χ2v) is 10.5. The number of anilines is 1. The summed E-state index contributed by atoms with van der Waals surface area (Å²) in [5.41, 5.74) is 0.576. The van der Waals surface area contributed by atoms with Crippen molar-refractivity contribution in [1.82, 2.24) is 9.97 Å². The normalized spacial score (nSPS) is 21.5. The minimum absolute atomic E-state index is 0.00223. The zero-order valence-electron chi connectivity index (χ0n) is 17.2. The lowest BCUT2D eigenvalue weighted by molar-refractivity contribution is -0.111. The van der Waals surface area contributed by atoms with Crippen LogP contribution in [0.3, 0.4) is 0 Å². The SMILES string of the molecule is CS(=O)(=O)c1ccc(/C(=C\[C@H]2C[C@@H](F)[C@@H](F)C2)C(=O)Nc2cnc(SCCO)cn2)cc1. The van der Waals surface area contributed by atoms with Crippen LogP contribution in [-0.2, 0) is 14.6 Å². The van der Waals surface area contributed by atoms with Crippen molar-refractivity contribution in [1.29, 1.82) is 0 Å². The van der Waals surface area contributed by atoms with Gasteiger partial charge < -0.3 is 10.4 Å². The minimum atomic E-state index is -3.42. The fraction of sp³-hybridized carbons (Fsp3) is 0.381. The van der Waals surface area contributed by atoms with Crippen molar-refractivity contribution < 1.29 is 27.1 Å². The Morgan fingerprint density at radius 2 is 1.84 bits per heavy atom. The van der Waals surface area contributed by atoms with Crippen LogP contribution in [0.5, 0.6) is 0 Å². The van der Waals surface area contributed by atoms with Crippen molar-refractivity contribution in [2.75, 3.05) is 23.9 Å². The Morgan fingerprint density at radius 1 is 1.19 bits per heavy atom. The number of allylic oxidation sites excluding steroid dienone is 1. The molecule has 3 atom stereocenters. The number of sulfone groups is 1. The molecule has 7 nitrogen and oxygen atoms in total. The van der Waals surface area contributed by atoms with E-state index in [1.807, 2.05) is 0 Å². The molecule has 0 unspecified atom stereocenters. The van der Waals surface area contributed by atoms with Crippen LogP contribution in [0.2, 0.25) is 0 Å². The highest BCUT2D eigenvalue weighted by molar-refractivity contribution is 7.99. The third-order valence-electron chi connectivity index (χ3n) is 4.90. The van der Waals surface area contributed by atoms with E-state index in [0.717, 1.165) is 6.26 Å². The van der Waals surface area contributed by atoms with Gasteiger partial charge in [-0.3, -0.25) is 4.79 Å². The van der Waals surface area contributed by atoms with Crippen LogP contribution in [0.4, 0.5) is 14.6 Å². The number of nitrogens with one attached hydrogen (secondary N) is 1. The molecular weight excluding hydrogens is 460 g/mol. The zero-order valence-corrected chi connectivity index (χ0v) is 18.9. The highest BCUT2D eigenvalue weighted by Crippen LogP contribution is 2.34. The summed E-state index contributed by atoms with van der Waals surface area (Å²) in [5, 5.41) is 12.1. The lowest BCUT2D eigenvalue weighted by Gasteiger charge is -2.12.